The second-order valence-electron chi connectivity index (χ2n) is 5.98. The monoisotopic (exact) mass is 304 g/mol. The van der Waals surface area contributed by atoms with Gasteiger partial charge in [0.25, 0.3) is 0 Å². The zero-order valence-electron chi connectivity index (χ0n) is 12.9. The summed E-state index contributed by atoms with van der Waals surface area (Å²) in [5.41, 5.74) is -1.91. The molecule has 1 aliphatic rings. The van der Waals surface area contributed by atoms with Gasteiger partial charge in [0.2, 0.25) is 0 Å². The molecule has 0 aromatic heterocycles. The van der Waals surface area contributed by atoms with Gasteiger partial charge in [-0.05, 0) is 25.7 Å². The van der Waals surface area contributed by atoms with Gasteiger partial charge in [0.15, 0.2) is 5.54 Å². The molecule has 122 valence electrons. The highest BCUT2D eigenvalue weighted by atomic mass is 19.1. The molecule has 1 aliphatic heterocycles. The summed E-state index contributed by atoms with van der Waals surface area (Å²) in [5.74, 6) is -1.09. The zero-order valence-corrected chi connectivity index (χ0v) is 12.9. The lowest BCUT2D eigenvalue weighted by Crippen LogP contribution is -2.62. The molecule has 1 heterocycles. The van der Waals surface area contributed by atoms with Crippen molar-refractivity contribution in [2.75, 3.05) is 26.3 Å². The summed E-state index contributed by atoms with van der Waals surface area (Å²) in [5, 5.41) is 11.7. The van der Waals surface area contributed by atoms with Crippen molar-refractivity contribution < 1.29 is 23.8 Å². The van der Waals surface area contributed by atoms with Gasteiger partial charge in [0.05, 0.1) is 13.2 Å². The van der Waals surface area contributed by atoms with E-state index in [0.29, 0.717) is 32.7 Å². The summed E-state index contributed by atoms with van der Waals surface area (Å²) in [6.45, 7) is 6.68. The number of carbonyl (C=O) groups excluding carboxylic acids is 1. The van der Waals surface area contributed by atoms with Crippen molar-refractivity contribution in [1.82, 2.24) is 10.2 Å². The number of aliphatic carboxylic acids is 1. The predicted octanol–water partition coefficient (Wildman–Crippen LogP) is 1.65. The highest BCUT2D eigenvalue weighted by Gasteiger charge is 2.44. The fourth-order valence-corrected chi connectivity index (χ4v) is 2.10. The van der Waals surface area contributed by atoms with Gasteiger partial charge in [0.1, 0.15) is 6.17 Å². The molecule has 1 fully saturated rings. The van der Waals surface area contributed by atoms with Gasteiger partial charge >= 0.3 is 12.0 Å². The molecule has 21 heavy (non-hydrogen) atoms. The highest BCUT2D eigenvalue weighted by Crippen LogP contribution is 2.22. The van der Waals surface area contributed by atoms with Gasteiger partial charge in [-0.1, -0.05) is 13.8 Å². The van der Waals surface area contributed by atoms with Crippen LogP contribution in [0.1, 0.15) is 33.6 Å². The Balaban J connectivity index is 2.70. The number of morpholine rings is 1. The number of nitrogens with one attached hydrogen (secondary N) is 1. The van der Waals surface area contributed by atoms with E-state index in [-0.39, 0.29) is 12.3 Å². The summed E-state index contributed by atoms with van der Waals surface area (Å²) < 4.78 is 19.5. The molecule has 1 saturated heterocycles. The lowest BCUT2D eigenvalue weighted by Gasteiger charge is -2.34. The zero-order chi connectivity index (χ0) is 16.0. The number of hydrogen-bond donors (Lipinski definition) is 2. The molecule has 0 radical (unpaired) electrons. The molecule has 0 spiro atoms. The van der Waals surface area contributed by atoms with Gasteiger partial charge in [-0.2, -0.15) is 0 Å². The van der Waals surface area contributed by atoms with E-state index in [4.69, 9.17) is 4.74 Å². The second kappa shape index (κ2) is 7.59. The first kappa shape index (κ1) is 17.7. The Bertz CT molecular complexity index is 372. The average Bonchev–Trinajstić information content (AvgIpc) is 2.45. The van der Waals surface area contributed by atoms with Gasteiger partial charge in [-0.3, -0.25) is 0 Å². The molecule has 1 rings (SSSR count). The molecule has 2 unspecified atom stereocenters. The maximum absolute atomic E-state index is 14.4. The number of amides is 2. The van der Waals surface area contributed by atoms with Gasteiger partial charge in [-0.15, -0.1) is 0 Å². The lowest BCUT2D eigenvalue weighted by molar-refractivity contribution is -0.146. The van der Waals surface area contributed by atoms with E-state index in [0.717, 1.165) is 0 Å². The van der Waals surface area contributed by atoms with Crippen LogP contribution < -0.4 is 5.32 Å². The molecule has 2 N–H and O–H groups in total. The Hall–Kier alpha value is -1.37. The van der Waals surface area contributed by atoms with Crippen molar-refractivity contribution in [3.05, 3.63) is 0 Å². The number of carboxylic acids is 1. The van der Waals surface area contributed by atoms with Crippen molar-refractivity contribution in [2.24, 2.45) is 5.92 Å². The molecule has 0 aromatic rings. The van der Waals surface area contributed by atoms with Crippen LogP contribution in [0.3, 0.4) is 0 Å². The van der Waals surface area contributed by atoms with E-state index in [1.54, 1.807) is 0 Å². The quantitative estimate of drug-likeness (QED) is 0.782. The van der Waals surface area contributed by atoms with Crippen molar-refractivity contribution in [1.29, 1.82) is 0 Å². The number of halogens is 1. The molecule has 0 aliphatic carbocycles. The summed E-state index contributed by atoms with van der Waals surface area (Å²) in [6, 6.07) is -0.560. The maximum Gasteiger partial charge on any atom is 0.332 e. The summed E-state index contributed by atoms with van der Waals surface area (Å²) in [7, 11) is 0. The lowest BCUT2D eigenvalue weighted by atomic mass is 9.90. The van der Waals surface area contributed by atoms with E-state index in [9.17, 15) is 19.1 Å². The largest absolute Gasteiger partial charge is 0.479 e. The van der Waals surface area contributed by atoms with E-state index in [1.807, 2.05) is 13.8 Å². The van der Waals surface area contributed by atoms with Crippen molar-refractivity contribution in [3.8, 4) is 0 Å². The third-order valence-electron chi connectivity index (χ3n) is 3.73. The second-order valence-corrected chi connectivity index (χ2v) is 5.98. The van der Waals surface area contributed by atoms with Gasteiger partial charge < -0.3 is 20.1 Å². The molecule has 0 aromatic carbocycles. The molecule has 2 atom stereocenters. The average molecular weight is 304 g/mol. The standard InChI is InChI=1S/C14H25FN2O4/c1-10(2)4-5-11(15)14(3,12(18)19)16-13(20)17-6-8-21-9-7-17/h10-11H,4-9H2,1-3H3,(H,16,20)(H,18,19). The number of carbonyl (C=O) groups is 2. The third kappa shape index (κ3) is 4.84. The predicted molar refractivity (Wildman–Crippen MR) is 75.9 cm³/mol. The number of hydrogen-bond acceptors (Lipinski definition) is 3. The molecule has 0 bridgehead atoms. The Kier molecular flexibility index (Phi) is 6.39. The number of alkyl halides is 1. The fraction of sp³-hybridized carbons (Fsp3) is 0.857. The molecular formula is C14H25FN2O4. The van der Waals surface area contributed by atoms with E-state index < -0.39 is 23.7 Å². The van der Waals surface area contributed by atoms with Crippen LogP contribution in [0.2, 0.25) is 0 Å². The van der Waals surface area contributed by atoms with Crippen LogP contribution in [0.15, 0.2) is 0 Å². The van der Waals surface area contributed by atoms with E-state index in [2.05, 4.69) is 5.32 Å². The van der Waals surface area contributed by atoms with E-state index >= 15 is 0 Å². The number of urea groups is 1. The minimum Gasteiger partial charge on any atom is -0.479 e. The van der Waals surface area contributed by atoms with Crippen LogP contribution in [-0.4, -0.2) is 60.0 Å². The van der Waals surface area contributed by atoms with Crippen LogP contribution in [0.5, 0.6) is 0 Å². The van der Waals surface area contributed by atoms with E-state index in [1.165, 1.54) is 11.8 Å². The Morgan fingerprint density at radius 2 is 1.90 bits per heavy atom. The number of nitrogens with zero attached hydrogens (tertiary/aromatic N) is 1. The Labute approximate surface area is 124 Å². The normalized spacial score (nSPS) is 20.0. The molecule has 2 amide bonds. The summed E-state index contributed by atoms with van der Waals surface area (Å²) in [4.78, 5) is 25.0. The smallest absolute Gasteiger partial charge is 0.332 e. The van der Waals surface area contributed by atoms with Crippen LogP contribution in [-0.2, 0) is 9.53 Å². The Morgan fingerprint density at radius 1 is 1.33 bits per heavy atom. The summed E-state index contributed by atoms with van der Waals surface area (Å²) in [6.07, 6.45) is -0.969. The third-order valence-corrected chi connectivity index (χ3v) is 3.73. The molecule has 0 saturated carbocycles. The molecular weight excluding hydrogens is 279 g/mol. The fourth-order valence-electron chi connectivity index (χ4n) is 2.10. The number of carboxylic acid groups (broad SMARTS) is 1. The summed E-state index contributed by atoms with van der Waals surface area (Å²) >= 11 is 0. The topological polar surface area (TPSA) is 78.9 Å². The van der Waals surface area contributed by atoms with Crippen molar-refractivity contribution in [2.45, 2.75) is 45.3 Å². The van der Waals surface area contributed by atoms with Gasteiger partial charge in [0, 0.05) is 13.1 Å². The van der Waals surface area contributed by atoms with Crippen LogP contribution in [0.4, 0.5) is 9.18 Å². The first-order valence-corrected chi connectivity index (χ1v) is 7.29. The minimum absolute atomic E-state index is 0.101. The van der Waals surface area contributed by atoms with Crippen molar-refractivity contribution >= 4 is 12.0 Å². The minimum atomic E-state index is -1.91. The molecule has 7 heteroatoms. The van der Waals surface area contributed by atoms with Crippen LogP contribution >= 0.6 is 0 Å². The Morgan fingerprint density at radius 3 is 2.38 bits per heavy atom. The first-order valence-electron chi connectivity index (χ1n) is 7.29. The SMILES string of the molecule is CC(C)CCC(F)C(C)(NC(=O)N1CCOCC1)C(=O)O. The number of rotatable bonds is 6. The van der Waals surface area contributed by atoms with Crippen LogP contribution in [0.25, 0.3) is 0 Å². The highest BCUT2D eigenvalue weighted by molar-refractivity contribution is 5.86. The van der Waals surface area contributed by atoms with Gasteiger partial charge in [-0.25, -0.2) is 14.0 Å². The van der Waals surface area contributed by atoms with Crippen molar-refractivity contribution in [3.63, 3.8) is 0 Å². The van der Waals surface area contributed by atoms with Crippen LogP contribution in [0, 0.1) is 5.92 Å². The number of ether oxygens (including phenoxy) is 1. The maximum atomic E-state index is 14.4. The molecule has 6 nitrogen and oxygen atoms in total. The first-order chi connectivity index (χ1) is 9.77.